The van der Waals surface area contributed by atoms with Gasteiger partial charge in [0.15, 0.2) is 5.78 Å². The van der Waals surface area contributed by atoms with E-state index >= 15 is 0 Å². The van der Waals surface area contributed by atoms with Crippen LogP contribution in [0.15, 0.2) is 36.7 Å². The lowest BCUT2D eigenvalue weighted by Crippen LogP contribution is -2.52. The first-order valence-corrected chi connectivity index (χ1v) is 13.7. The van der Waals surface area contributed by atoms with Crippen LogP contribution in [0.4, 0.5) is 0 Å². The van der Waals surface area contributed by atoms with Crippen LogP contribution in [-0.2, 0) is 16.1 Å². The highest BCUT2D eigenvalue weighted by atomic mass is 16.5. The molecule has 1 saturated heterocycles. The van der Waals surface area contributed by atoms with Crippen LogP contribution < -0.4 is 20.7 Å². The molecule has 0 saturated carbocycles. The van der Waals surface area contributed by atoms with Crippen LogP contribution in [0.3, 0.4) is 0 Å². The highest BCUT2D eigenvalue weighted by Crippen LogP contribution is 2.28. The zero-order valence-corrected chi connectivity index (χ0v) is 23.1. The molecule has 1 fully saturated rings. The Hall–Kier alpha value is -4.17. The summed E-state index contributed by atoms with van der Waals surface area (Å²) < 4.78 is 5.41. The van der Waals surface area contributed by atoms with Crippen LogP contribution in [0.25, 0.3) is 10.9 Å². The van der Waals surface area contributed by atoms with Crippen molar-refractivity contribution >= 4 is 28.5 Å². The van der Waals surface area contributed by atoms with Gasteiger partial charge in [0, 0.05) is 54.0 Å². The number of hydrogen-bond donors (Lipinski definition) is 5. The third-order valence-corrected chi connectivity index (χ3v) is 7.35. The van der Waals surface area contributed by atoms with Crippen molar-refractivity contribution in [2.45, 2.75) is 58.2 Å². The van der Waals surface area contributed by atoms with Gasteiger partial charge in [0.2, 0.25) is 11.8 Å². The van der Waals surface area contributed by atoms with Gasteiger partial charge >= 0.3 is 0 Å². The third kappa shape index (κ3) is 7.07. The second kappa shape index (κ2) is 13.3. The van der Waals surface area contributed by atoms with Crippen LogP contribution >= 0.6 is 0 Å². The van der Waals surface area contributed by atoms with E-state index in [0.717, 1.165) is 16.5 Å². The monoisotopic (exact) mass is 547 g/mol. The molecule has 11 nitrogen and oxygen atoms in total. The number of hydrogen-bond acceptors (Lipinski definition) is 7. The maximum absolute atomic E-state index is 13.7. The quantitative estimate of drug-likeness (QED) is 0.194. The van der Waals surface area contributed by atoms with E-state index < -0.39 is 18.0 Å². The number of H-pyrrole nitrogens is 2. The van der Waals surface area contributed by atoms with E-state index in [9.17, 15) is 19.6 Å². The van der Waals surface area contributed by atoms with E-state index in [1.165, 1.54) is 0 Å². The Morgan fingerprint density at radius 1 is 1.30 bits per heavy atom. The van der Waals surface area contributed by atoms with Crippen LogP contribution in [0.2, 0.25) is 0 Å². The Balaban J connectivity index is 1.51. The average molecular weight is 548 g/mol. The standard InChI is InChI=1S/C29H37N7O4/c1-17(2)9-20(11-26(37)24-12-21-22(35-24)5-4-6-27(21)40-3)29(39)36-23(10-19-7-8-31-28(19)38)25(13-30)32-14-18-15-33-34-16-18/h4-6,12,15-17,19-20,23,25,32,35H,7-11,14H2,1-3H3,(H,31,38)(H,33,34)(H,36,39). The van der Waals surface area contributed by atoms with E-state index in [1.54, 1.807) is 25.6 Å². The summed E-state index contributed by atoms with van der Waals surface area (Å²) >= 11 is 0. The molecule has 4 rings (SSSR count). The molecular formula is C29H37N7O4. The van der Waals surface area contributed by atoms with E-state index in [0.29, 0.717) is 43.8 Å². The molecule has 0 bridgehead atoms. The number of aromatic nitrogens is 3. The number of rotatable bonds is 14. The van der Waals surface area contributed by atoms with Gasteiger partial charge in [0.1, 0.15) is 11.8 Å². The second-order valence-electron chi connectivity index (χ2n) is 10.8. The van der Waals surface area contributed by atoms with Gasteiger partial charge in [-0.2, -0.15) is 10.4 Å². The first kappa shape index (κ1) is 28.8. The summed E-state index contributed by atoms with van der Waals surface area (Å²) in [6, 6.07) is 8.19. The maximum Gasteiger partial charge on any atom is 0.223 e. The zero-order valence-electron chi connectivity index (χ0n) is 23.1. The summed E-state index contributed by atoms with van der Waals surface area (Å²) in [5.74, 6) is -0.638. The number of nitrogens with zero attached hydrogens (tertiary/aromatic N) is 2. The summed E-state index contributed by atoms with van der Waals surface area (Å²) in [5, 5.41) is 26.5. The number of aromatic amines is 2. The van der Waals surface area contributed by atoms with Gasteiger partial charge in [-0.25, -0.2) is 0 Å². The van der Waals surface area contributed by atoms with E-state index in [2.05, 4.69) is 37.2 Å². The first-order valence-electron chi connectivity index (χ1n) is 13.7. The number of fused-ring (bicyclic) bond motifs is 1. The number of methoxy groups -OCH3 is 1. The number of amides is 2. The number of ketones is 1. The highest BCUT2D eigenvalue weighted by molar-refractivity contribution is 6.02. The van der Waals surface area contributed by atoms with Crippen LogP contribution in [0.5, 0.6) is 5.75 Å². The lowest BCUT2D eigenvalue weighted by molar-refractivity contribution is -0.127. The molecule has 3 aromatic rings. The smallest absolute Gasteiger partial charge is 0.223 e. The molecule has 5 N–H and O–H groups in total. The van der Waals surface area contributed by atoms with E-state index in [1.807, 2.05) is 32.0 Å². The Labute approximate surface area is 233 Å². The molecule has 0 spiro atoms. The fraction of sp³-hybridized carbons (Fsp3) is 0.483. The van der Waals surface area contributed by atoms with E-state index in [4.69, 9.17) is 4.74 Å². The topological polar surface area (TPSA) is 165 Å². The SMILES string of the molecule is COc1cccc2[nH]c(C(=O)CC(CC(C)C)C(=O)NC(CC3CCNC3=O)C(C#N)NCc3cn[nH]c3)cc12. The average Bonchev–Trinajstić information content (AvgIpc) is 3.69. The number of benzene rings is 1. The second-order valence-corrected chi connectivity index (χ2v) is 10.8. The van der Waals surface area contributed by atoms with Gasteiger partial charge in [-0.3, -0.25) is 24.8 Å². The minimum absolute atomic E-state index is 0.00938. The number of nitrogens with one attached hydrogen (secondary N) is 5. The molecule has 40 heavy (non-hydrogen) atoms. The number of carbonyl (C=O) groups is 3. The fourth-order valence-corrected chi connectivity index (χ4v) is 5.28. The maximum atomic E-state index is 13.7. The van der Waals surface area contributed by atoms with Gasteiger partial charge in [-0.1, -0.05) is 19.9 Å². The van der Waals surface area contributed by atoms with Crippen molar-refractivity contribution in [1.29, 1.82) is 5.26 Å². The van der Waals surface area contributed by atoms with Crippen molar-refractivity contribution in [3.63, 3.8) is 0 Å². The normalized spacial score (nSPS) is 17.3. The predicted octanol–water partition coefficient (Wildman–Crippen LogP) is 2.83. The molecule has 11 heteroatoms. The van der Waals surface area contributed by atoms with Gasteiger partial charge in [0.05, 0.1) is 31.1 Å². The molecular weight excluding hydrogens is 510 g/mol. The molecule has 2 amide bonds. The van der Waals surface area contributed by atoms with Gasteiger partial charge in [-0.05, 0) is 43.4 Å². The molecule has 0 aliphatic carbocycles. The Kier molecular flexibility index (Phi) is 9.56. The van der Waals surface area contributed by atoms with E-state index in [-0.39, 0.29) is 35.9 Å². The molecule has 4 unspecified atom stereocenters. The molecule has 1 aliphatic heterocycles. The fourth-order valence-electron chi connectivity index (χ4n) is 5.28. The number of carbonyl (C=O) groups excluding carboxylic acids is 3. The van der Waals surface area contributed by atoms with Crippen LogP contribution in [-0.4, -0.2) is 58.5 Å². The number of nitriles is 1. The van der Waals surface area contributed by atoms with Gasteiger partial charge in [-0.15, -0.1) is 0 Å². The summed E-state index contributed by atoms with van der Waals surface area (Å²) in [7, 11) is 1.58. The molecule has 3 heterocycles. The van der Waals surface area contributed by atoms with Crippen molar-refractivity contribution in [1.82, 2.24) is 31.1 Å². The van der Waals surface area contributed by atoms with Crippen molar-refractivity contribution in [3.8, 4) is 11.8 Å². The van der Waals surface area contributed by atoms with Crippen molar-refractivity contribution in [2.75, 3.05) is 13.7 Å². The lowest BCUT2D eigenvalue weighted by Gasteiger charge is -2.28. The molecule has 212 valence electrons. The number of ether oxygens (including phenoxy) is 1. The zero-order chi connectivity index (χ0) is 28.6. The van der Waals surface area contributed by atoms with Crippen LogP contribution in [0.1, 0.15) is 55.6 Å². The Morgan fingerprint density at radius 2 is 2.12 bits per heavy atom. The minimum Gasteiger partial charge on any atom is -0.496 e. The lowest BCUT2D eigenvalue weighted by atomic mass is 9.89. The minimum atomic E-state index is -0.746. The summed E-state index contributed by atoms with van der Waals surface area (Å²) in [6.07, 6.45) is 4.85. The third-order valence-electron chi connectivity index (χ3n) is 7.35. The first-order chi connectivity index (χ1) is 19.3. The summed E-state index contributed by atoms with van der Waals surface area (Å²) in [6.45, 7) is 4.95. The Bertz CT molecular complexity index is 1360. The molecule has 0 radical (unpaired) electrons. The van der Waals surface area contributed by atoms with Crippen molar-refractivity contribution in [3.05, 3.63) is 47.9 Å². The van der Waals surface area contributed by atoms with Crippen LogP contribution in [0, 0.1) is 29.1 Å². The van der Waals surface area contributed by atoms with Gasteiger partial charge in [0.25, 0.3) is 0 Å². The Morgan fingerprint density at radius 3 is 2.77 bits per heavy atom. The van der Waals surface area contributed by atoms with Crippen molar-refractivity contribution in [2.24, 2.45) is 17.8 Å². The number of Topliss-reactive ketones (excluding diaryl/α,β-unsaturated/α-hetero) is 1. The summed E-state index contributed by atoms with van der Waals surface area (Å²) in [4.78, 5) is 42.6. The largest absolute Gasteiger partial charge is 0.496 e. The molecule has 1 aromatic carbocycles. The van der Waals surface area contributed by atoms with Gasteiger partial charge < -0.3 is 20.4 Å². The predicted molar refractivity (Wildman–Crippen MR) is 149 cm³/mol. The summed E-state index contributed by atoms with van der Waals surface area (Å²) in [5.41, 5.74) is 2.06. The highest BCUT2D eigenvalue weighted by Gasteiger charge is 2.34. The molecule has 4 atom stereocenters. The molecule has 1 aliphatic rings. The molecule has 2 aromatic heterocycles. The van der Waals surface area contributed by atoms with Crippen molar-refractivity contribution < 1.29 is 19.1 Å².